The lowest BCUT2D eigenvalue weighted by Gasteiger charge is -2.26. The molecule has 1 heterocycles. The Morgan fingerprint density at radius 1 is 1.06 bits per heavy atom. The normalized spacial score (nSPS) is 21.6. The van der Waals surface area contributed by atoms with E-state index in [1.54, 1.807) is 10.4 Å². The van der Waals surface area contributed by atoms with Gasteiger partial charge in [0.25, 0.3) is 0 Å². The van der Waals surface area contributed by atoms with Crippen LogP contribution in [-0.2, 0) is 27.6 Å². The van der Waals surface area contributed by atoms with Gasteiger partial charge in [0.1, 0.15) is 0 Å². The third kappa shape index (κ3) is 6.56. The molecule has 1 aliphatic heterocycles. The highest BCUT2D eigenvalue weighted by molar-refractivity contribution is 7.89. The van der Waals surface area contributed by atoms with E-state index in [4.69, 9.17) is 9.47 Å². The van der Waals surface area contributed by atoms with Crippen molar-refractivity contribution in [3.8, 4) is 5.75 Å². The first kappa shape index (κ1) is 25.1. The van der Waals surface area contributed by atoms with E-state index in [1.807, 2.05) is 6.07 Å². The van der Waals surface area contributed by atoms with Crippen molar-refractivity contribution in [3.63, 3.8) is 0 Å². The second-order valence-corrected chi connectivity index (χ2v) is 11.3. The average molecular weight is 491 g/mol. The van der Waals surface area contributed by atoms with Crippen LogP contribution in [0.2, 0.25) is 0 Å². The molecule has 0 radical (unpaired) electrons. The zero-order valence-electron chi connectivity index (χ0n) is 19.8. The maximum atomic E-state index is 13.6. The van der Waals surface area contributed by atoms with Crippen LogP contribution < -0.4 is 10.1 Å². The van der Waals surface area contributed by atoms with Crippen molar-refractivity contribution in [1.82, 2.24) is 9.62 Å². The summed E-state index contributed by atoms with van der Waals surface area (Å²) in [6.07, 6.45) is 4.74. The maximum Gasteiger partial charge on any atom is 0.214 e. The first-order valence-electron chi connectivity index (χ1n) is 12.1. The summed E-state index contributed by atoms with van der Waals surface area (Å²) in [7, 11) is -1.75. The number of halogens is 1. The topological polar surface area (TPSA) is 67.9 Å². The van der Waals surface area contributed by atoms with Crippen LogP contribution >= 0.6 is 0 Å². The zero-order chi connectivity index (χ0) is 24.0. The predicted molar refractivity (Wildman–Crippen MR) is 131 cm³/mol. The van der Waals surface area contributed by atoms with E-state index in [1.165, 1.54) is 18.7 Å². The minimum Gasteiger partial charge on any atom is -0.494 e. The molecule has 0 aromatic heterocycles. The van der Waals surface area contributed by atoms with Crippen LogP contribution in [0.15, 0.2) is 42.5 Å². The molecule has 1 saturated carbocycles. The van der Waals surface area contributed by atoms with Crippen molar-refractivity contribution in [1.29, 1.82) is 0 Å². The Morgan fingerprint density at radius 2 is 1.79 bits per heavy atom. The first-order valence-corrected chi connectivity index (χ1v) is 13.8. The van der Waals surface area contributed by atoms with Crippen molar-refractivity contribution in [3.05, 3.63) is 65.0 Å². The van der Waals surface area contributed by atoms with Crippen molar-refractivity contribution < 1.29 is 22.3 Å². The number of morpholine rings is 1. The Kier molecular flexibility index (Phi) is 8.58. The number of sulfonamides is 1. The Morgan fingerprint density at radius 3 is 2.53 bits per heavy atom. The van der Waals surface area contributed by atoms with Gasteiger partial charge in [0.05, 0.1) is 26.1 Å². The van der Waals surface area contributed by atoms with E-state index in [9.17, 15) is 12.8 Å². The van der Waals surface area contributed by atoms with Gasteiger partial charge in [0.2, 0.25) is 10.0 Å². The van der Waals surface area contributed by atoms with Crippen LogP contribution in [0.1, 0.15) is 41.9 Å². The van der Waals surface area contributed by atoms with Gasteiger partial charge in [-0.3, -0.25) is 0 Å². The highest BCUT2D eigenvalue weighted by Gasteiger charge is 2.26. The molecule has 0 amide bonds. The molecule has 1 N–H and O–H groups in total. The molecular weight excluding hydrogens is 455 g/mol. The Balaban J connectivity index is 1.21. The molecule has 4 rings (SSSR count). The number of rotatable bonds is 10. The lowest BCUT2D eigenvalue weighted by atomic mass is 9.96. The molecule has 1 aliphatic carbocycles. The lowest BCUT2D eigenvalue weighted by molar-refractivity contribution is 0.0730. The quantitative estimate of drug-likeness (QED) is 0.552. The number of ether oxygens (including phenoxy) is 2. The molecule has 8 heteroatoms. The van der Waals surface area contributed by atoms with E-state index in [0.29, 0.717) is 50.4 Å². The molecule has 34 heavy (non-hydrogen) atoms. The van der Waals surface area contributed by atoms with Crippen molar-refractivity contribution >= 4 is 10.0 Å². The standard InChI is InChI=1S/C26H35FN2O4S/c1-32-26-18-21(4-9-25(26)27)10-12-28-24-8-7-23(19-24)22-5-2-20(3-6-22)11-17-34(30,31)29-13-15-33-16-14-29/h2-6,9,18,23-24,28H,7-8,10-17,19H2,1H3/t23?,24-/m1/s1. The minimum atomic E-state index is -3.23. The molecule has 2 fully saturated rings. The van der Waals surface area contributed by atoms with Gasteiger partial charge in [0, 0.05) is 19.1 Å². The predicted octanol–water partition coefficient (Wildman–Crippen LogP) is 3.51. The summed E-state index contributed by atoms with van der Waals surface area (Å²) in [6, 6.07) is 14.0. The van der Waals surface area contributed by atoms with E-state index >= 15 is 0 Å². The van der Waals surface area contributed by atoms with Gasteiger partial charge in [0.15, 0.2) is 11.6 Å². The third-order valence-corrected chi connectivity index (χ3v) is 8.83. The summed E-state index contributed by atoms with van der Waals surface area (Å²) in [5.41, 5.74) is 3.45. The molecule has 2 aromatic carbocycles. The van der Waals surface area contributed by atoms with Gasteiger partial charge < -0.3 is 14.8 Å². The number of aryl methyl sites for hydroxylation is 1. The van der Waals surface area contributed by atoms with Gasteiger partial charge in [-0.15, -0.1) is 0 Å². The van der Waals surface area contributed by atoms with Gasteiger partial charge in [-0.25, -0.2) is 12.8 Å². The molecule has 1 unspecified atom stereocenters. The Bertz CT molecular complexity index is 1040. The maximum absolute atomic E-state index is 13.6. The number of hydrogen-bond acceptors (Lipinski definition) is 5. The molecule has 2 atom stereocenters. The monoisotopic (exact) mass is 490 g/mol. The fourth-order valence-corrected chi connectivity index (χ4v) is 6.36. The van der Waals surface area contributed by atoms with Crippen LogP contribution in [-0.4, -0.2) is 64.5 Å². The minimum absolute atomic E-state index is 0.141. The summed E-state index contributed by atoms with van der Waals surface area (Å²) in [5, 5.41) is 3.65. The average Bonchev–Trinajstić information content (AvgIpc) is 3.33. The van der Waals surface area contributed by atoms with Crippen LogP contribution in [0.25, 0.3) is 0 Å². The number of benzene rings is 2. The Hall–Kier alpha value is -2.00. The largest absolute Gasteiger partial charge is 0.494 e. The van der Waals surface area contributed by atoms with Crippen molar-refractivity contribution in [2.45, 2.75) is 44.1 Å². The van der Waals surface area contributed by atoms with Gasteiger partial charge in [-0.1, -0.05) is 30.3 Å². The lowest BCUT2D eigenvalue weighted by Crippen LogP contribution is -2.42. The second kappa shape index (κ2) is 11.6. The molecule has 1 saturated heterocycles. The number of hydrogen-bond donors (Lipinski definition) is 1. The molecular formula is C26H35FN2O4S. The number of nitrogens with zero attached hydrogens (tertiary/aromatic N) is 1. The molecule has 2 aromatic rings. The number of methoxy groups -OCH3 is 1. The summed E-state index contributed by atoms with van der Waals surface area (Å²) >= 11 is 0. The van der Waals surface area contributed by atoms with Gasteiger partial charge in [-0.05, 0) is 73.4 Å². The summed E-state index contributed by atoms with van der Waals surface area (Å²) in [4.78, 5) is 0. The Labute approximate surface area is 202 Å². The first-order chi connectivity index (χ1) is 16.4. The van der Waals surface area contributed by atoms with Gasteiger partial charge in [-0.2, -0.15) is 4.31 Å². The summed E-state index contributed by atoms with van der Waals surface area (Å²) in [6.45, 7) is 2.72. The summed E-state index contributed by atoms with van der Waals surface area (Å²) in [5.74, 6) is 0.625. The number of nitrogens with one attached hydrogen (secondary N) is 1. The highest BCUT2D eigenvalue weighted by atomic mass is 32.2. The third-order valence-electron chi connectivity index (χ3n) is 6.96. The van der Waals surface area contributed by atoms with E-state index < -0.39 is 10.0 Å². The van der Waals surface area contributed by atoms with Crippen LogP contribution in [0.3, 0.4) is 0 Å². The molecule has 0 bridgehead atoms. The molecule has 0 spiro atoms. The van der Waals surface area contributed by atoms with Crippen LogP contribution in [0.4, 0.5) is 4.39 Å². The molecule has 6 nitrogen and oxygen atoms in total. The second-order valence-electron chi connectivity index (χ2n) is 9.20. The summed E-state index contributed by atoms with van der Waals surface area (Å²) < 4.78 is 50.5. The van der Waals surface area contributed by atoms with Crippen LogP contribution in [0.5, 0.6) is 5.75 Å². The molecule has 186 valence electrons. The van der Waals surface area contributed by atoms with Crippen molar-refractivity contribution in [2.75, 3.05) is 45.7 Å². The van der Waals surface area contributed by atoms with E-state index in [2.05, 4.69) is 29.6 Å². The molecule has 2 aliphatic rings. The van der Waals surface area contributed by atoms with Gasteiger partial charge >= 0.3 is 0 Å². The van der Waals surface area contributed by atoms with E-state index in [-0.39, 0.29) is 11.6 Å². The zero-order valence-corrected chi connectivity index (χ0v) is 20.7. The van der Waals surface area contributed by atoms with E-state index in [0.717, 1.165) is 43.4 Å². The SMILES string of the molecule is COc1cc(CCN[C@@H]2CCC(c3ccc(CCS(=O)(=O)N4CCOCC4)cc3)C2)ccc1F. The van der Waals surface area contributed by atoms with Crippen LogP contribution in [0, 0.1) is 5.82 Å². The fourth-order valence-electron chi connectivity index (χ4n) is 4.91. The fraction of sp³-hybridized carbons (Fsp3) is 0.538. The smallest absolute Gasteiger partial charge is 0.214 e. The van der Waals surface area contributed by atoms with Crippen molar-refractivity contribution in [2.24, 2.45) is 0 Å². The highest BCUT2D eigenvalue weighted by Crippen LogP contribution is 2.34.